The Kier molecular flexibility index (Phi) is 36.3. The van der Waals surface area contributed by atoms with E-state index >= 15 is 0 Å². The van der Waals surface area contributed by atoms with Gasteiger partial charge in [0, 0.05) is 6.42 Å². The fourth-order valence-corrected chi connectivity index (χ4v) is 8.49. The Hall–Kier alpha value is -1.16. The lowest BCUT2D eigenvalue weighted by molar-refractivity contribution is -0.298. The van der Waals surface area contributed by atoms with Crippen LogP contribution >= 0.6 is 0 Å². The largest absolute Gasteiger partial charge is 0.397 e. The van der Waals surface area contributed by atoms with Gasteiger partial charge in [-0.2, -0.15) is 8.42 Å². The van der Waals surface area contributed by atoms with Crippen molar-refractivity contribution in [3.8, 4) is 0 Å². The second kappa shape index (κ2) is 38.3. The summed E-state index contributed by atoms with van der Waals surface area (Å²) < 4.78 is 47.7. The maximum atomic E-state index is 13.1. The third kappa shape index (κ3) is 30.8. The van der Waals surface area contributed by atoms with Gasteiger partial charge in [0.25, 0.3) is 0 Å². The van der Waals surface area contributed by atoms with Crippen molar-refractivity contribution in [1.82, 2.24) is 5.32 Å². The van der Waals surface area contributed by atoms with E-state index in [0.717, 1.165) is 51.4 Å². The molecule has 0 saturated carbocycles. The van der Waals surface area contributed by atoms with E-state index in [-0.39, 0.29) is 18.9 Å². The van der Waals surface area contributed by atoms with Crippen LogP contribution in [0.2, 0.25) is 0 Å². The van der Waals surface area contributed by atoms with Gasteiger partial charge in [-0.05, 0) is 38.5 Å². The number of aliphatic hydroxyl groups is 4. The van der Waals surface area contributed by atoms with Gasteiger partial charge in [-0.3, -0.25) is 9.35 Å². The van der Waals surface area contributed by atoms with Crippen LogP contribution in [-0.2, 0) is 28.9 Å². The Morgan fingerprint density at radius 2 is 1.07 bits per heavy atom. The molecular formula is C47H91NO11S. The Bertz CT molecular complexity index is 1130. The van der Waals surface area contributed by atoms with Gasteiger partial charge in [-0.25, -0.2) is 4.18 Å². The van der Waals surface area contributed by atoms with Crippen LogP contribution in [0, 0.1) is 0 Å². The zero-order chi connectivity index (χ0) is 44.1. The molecular weight excluding hydrogens is 787 g/mol. The molecule has 13 heteroatoms. The second-order valence-corrected chi connectivity index (χ2v) is 18.5. The summed E-state index contributed by atoms with van der Waals surface area (Å²) in [5.74, 6) is -0.233. The van der Waals surface area contributed by atoms with E-state index in [0.29, 0.717) is 12.8 Å². The van der Waals surface area contributed by atoms with Crippen LogP contribution in [0.1, 0.15) is 226 Å². The molecule has 12 nitrogen and oxygen atoms in total. The first kappa shape index (κ1) is 56.9. The molecule has 1 saturated heterocycles. The maximum Gasteiger partial charge on any atom is 0.397 e. The van der Waals surface area contributed by atoms with Crippen molar-refractivity contribution in [2.24, 2.45) is 0 Å². The molecule has 7 atom stereocenters. The molecule has 0 aromatic rings. The van der Waals surface area contributed by atoms with Gasteiger partial charge in [-0.1, -0.05) is 193 Å². The van der Waals surface area contributed by atoms with Crippen LogP contribution < -0.4 is 5.32 Å². The van der Waals surface area contributed by atoms with E-state index in [1.165, 1.54) is 141 Å². The molecule has 1 heterocycles. The first-order chi connectivity index (χ1) is 29.0. The van der Waals surface area contributed by atoms with E-state index in [1.54, 1.807) is 0 Å². The van der Waals surface area contributed by atoms with E-state index in [9.17, 15) is 38.2 Å². The first-order valence-electron chi connectivity index (χ1n) is 24.6. The molecule has 60 heavy (non-hydrogen) atoms. The highest BCUT2D eigenvalue weighted by Gasteiger charge is 2.48. The minimum absolute atomic E-state index is 0.233. The van der Waals surface area contributed by atoms with Crippen LogP contribution in [0.5, 0.6) is 0 Å². The van der Waals surface area contributed by atoms with Crippen LogP contribution in [0.15, 0.2) is 12.2 Å². The number of carbonyl (C=O) groups excluding carboxylic acids is 1. The molecule has 0 aromatic carbocycles. The highest BCUT2D eigenvalue weighted by Crippen LogP contribution is 2.26. The Labute approximate surface area is 366 Å². The van der Waals surface area contributed by atoms with Gasteiger partial charge in [0.15, 0.2) is 6.29 Å². The highest BCUT2D eigenvalue weighted by molar-refractivity contribution is 7.80. The fraction of sp³-hybridized carbons (Fsp3) is 0.936. The van der Waals surface area contributed by atoms with E-state index in [2.05, 4.69) is 35.5 Å². The molecule has 1 aliphatic heterocycles. The van der Waals surface area contributed by atoms with Crippen molar-refractivity contribution in [2.75, 3.05) is 13.2 Å². The Balaban J connectivity index is 2.45. The van der Waals surface area contributed by atoms with Gasteiger partial charge in [0.05, 0.1) is 25.4 Å². The van der Waals surface area contributed by atoms with Crippen LogP contribution in [0.4, 0.5) is 0 Å². The third-order valence-corrected chi connectivity index (χ3v) is 12.3. The highest BCUT2D eigenvalue weighted by atomic mass is 32.3. The summed E-state index contributed by atoms with van der Waals surface area (Å²) in [6.45, 7) is 3.45. The molecule has 0 aromatic heterocycles. The van der Waals surface area contributed by atoms with Gasteiger partial charge < -0.3 is 35.2 Å². The summed E-state index contributed by atoms with van der Waals surface area (Å²) in [6.07, 6.45) is 33.5. The van der Waals surface area contributed by atoms with Gasteiger partial charge in [-0.15, -0.1) is 0 Å². The summed E-state index contributed by atoms with van der Waals surface area (Å²) in [5, 5.41) is 44.9. The molecule has 0 radical (unpaired) electrons. The number of nitrogens with one attached hydrogen (secondary N) is 1. The monoisotopic (exact) mass is 878 g/mol. The molecule has 7 unspecified atom stereocenters. The van der Waals surface area contributed by atoms with Crippen molar-refractivity contribution in [1.29, 1.82) is 0 Å². The van der Waals surface area contributed by atoms with Crippen molar-refractivity contribution >= 4 is 16.3 Å². The van der Waals surface area contributed by atoms with Gasteiger partial charge >= 0.3 is 10.4 Å². The van der Waals surface area contributed by atoms with Gasteiger partial charge in [0.1, 0.15) is 24.4 Å². The molecule has 1 rings (SSSR count). The normalized spacial score (nSPS) is 20.8. The summed E-state index contributed by atoms with van der Waals surface area (Å²) >= 11 is 0. The molecule has 1 fully saturated rings. The summed E-state index contributed by atoms with van der Waals surface area (Å²) in [6, 6.07) is -0.856. The standard InChI is InChI=1S/C47H91NO11S/c1-3-5-7-9-11-13-15-17-19-20-21-22-23-25-27-29-31-33-35-37-43(51)48-40(39-57-47-45(53)46(59-60(54,55)56)44(52)42(38-49)58-47)41(50)36-34-32-30-28-26-24-18-16-14-12-10-8-6-4-2/h20-21,40-42,44-47,49-50,52-53H,3-19,22-39H2,1-2H3,(H,48,51)(H,54,55,56)/b21-20-. The summed E-state index contributed by atoms with van der Waals surface area (Å²) in [7, 11) is -5.07. The number of ether oxygens (including phenoxy) is 2. The average molecular weight is 878 g/mol. The average Bonchev–Trinajstić information content (AvgIpc) is 3.22. The smallest absolute Gasteiger partial charge is 0.394 e. The van der Waals surface area contributed by atoms with Crippen molar-refractivity contribution in [3.05, 3.63) is 12.2 Å². The first-order valence-corrected chi connectivity index (χ1v) is 25.9. The number of amides is 1. The molecule has 0 bridgehead atoms. The molecule has 1 aliphatic rings. The van der Waals surface area contributed by atoms with Gasteiger partial charge in [0.2, 0.25) is 5.91 Å². The van der Waals surface area contributed by atoms with Crippen LogP contribution in [0.3, 0.4) is 0 Å². The summed E-state index contributed by atoms with van der Waals surface area (Å²) in [5.41, 5.74) is 0. The molecule has 0 spiro atoms. The number of hydrogen-bond acceptors (Lipinski definition) is 10. The maximum absolute atomic E-state index is 13.1. The lowest BCUT2D eigenvalue weighted by Gasteiger charge is -2.41. The minimum atomic E-state index is -5.07. The van der Waals surface area contributed by atoms with E-state index in [1.807, 2.05) is 0 Å². The molecule has 6 N–H and O–H groups in total. The number of unbranched alkanes of at least 4 members (excludes halogenated alkanes) is 28. The topological polar surface area (TPSA) is 192 Å². The minimum Gasteiger partial charge on any atom is -0.394 e. The molecule has 0 aliphatic carbocycles. The molecule has 356 valence electrons. The van der Waals surface area contributed by atoms with Crippen molar-refractivity contribution < 1.29 is 51.8 Å². The van der Waals surface area contributed by atoms with Crippen LogP contribution in [-0.4, -0.2) is 95.4 Å². The fourth-order valence-electron chi connectivity index (χ4n) is 7.98. The second-order valence-electron chi connectivity index (χ2n) is 17.4. The SMILES string of the molecule is CCCCCCCCCC/C=C\CCCCCCCCCC(=O)NC(COC1OC(CO)C(O)C(OS(=O)(=O)O)C1O)C(O)CCCCCCCCCCCCCCCC. The van der Waals surface area contributed by atoms with E-state index in [4.69, 9.17) is 9.47 Å². The Morgan fingerprint density at radius 1 is 0.650 bits per heavy atom. The number of allylic oxidation sites excluding steroid dienone is 2. The zero-order valence-corrected chi connectivity index (χ0v) is 38.9. The predicted octanol–water partition coefficient (Wildman–Crippen LogP) is 9.95. The van der Waals surface area contributed by atoms with Crippen molar-refractivity contribution in [3.63, 3.8) is 0 Å². The summed E-state index contributed by atoms with van der Waals surface area (Å²) in [4.78, 5) is 13.1. The van der Waals surface area contributed by atoms with E-state index < -0.39 is 59.9 Å². The predicted molar refractivity (Wildman–Crippen MR) is 241 cm³/mol. The number of hydrogen-bond donors (Lipinski definition) is 6. The van der Waals surface area contributed by atoms with Crippen LogP contribution in [0.25, 0.3) is 0 Å². The Morgan fingerprint density at radius 3 is 1.50 bits per heavy atom. The van der Waals surface area contributed by atoms with Crippen molar-refractivity contribution in [2.45, 2.75) is 269 Å². The molecule has 1 amide bonds. The zero-order valence-electron chi connectivity index (χ0n) is 38.0. The third-order valence-electron chi connectivity index (χ3n) is 11.8. The number of carbonyl (C=O) groups is 1. The number of rotatable bonds is 42. The lowest BCUT2D eigenvalue weighted by Crippen LogP contribution is -2.61. The number of aliphatic hydroxyl groups excluding tert-OH is 4. The quantitative estimate of drug-likeness (QED) is 0.0194. The lowest BCUT2D eigenvalue weighted by atomic mass is 9.99.